The molecule has 164 valence electrons. The molecule has 0 saturated carbocycles. The van der Waals surface area contributed by atoms with Crippen molar-refractivity contribution in [2.45, 2.75) is 6.42 Å². The SMILES string of the molecule is Nc1nc(F)c(-c2ccc(N3CCOCC3)cc2)nc1-c1cc2c(cc1F)C(=O)NCC2. The Balaban J connectivity index is 1.53. The van der Waals surface area contributed by atoms with Crippen molar-refractivity contribution in [3.63, 3.8) is 0 Å². The van der Waals surface area contributed by atoms with E-state index in [-0.39, 0.29) is 34.2 Å². The van der Waals surface area contributed by atoms with Crippen LogP contribution in [0.2, 0.25) is 0 Å². The summed E-state index contributed by atoms with van der Waals surface area (Å²) in [6.07, 6.45) is 0.554. The maximum absolute atomic E-state index is 14.9. The lowest BCUT2D eigenvalue weighted by atomic mass is 9.96. The molecule has 1 fully saturated rings. The number of halogens is 2. The molecule has 1 aromatic heterocycles. The van der Waals surface area contributed by atoms with Crippen LogP contribution in [0.4, 0.5) is 20.3 Å². The number of amides is 1. The normalized spacial score (nSPS) is 15.9. The van der Waals surface area contributed by atoms with Crippen LogP contribution in [0.5, 0.6) is 0 Å². The third-order valence-electron chi connectivity index (χ3n) is 5.77. The minimum absolute atomic E-state index is 0.0161. The van der Waals surface area contributed by atoms with E-state index in [2.05, 4.69) is 20.2 Å². The Hall–Kier alpha value is -3.59. The third-order valence-corrected chi connectivity index (χ3v) is 5.77. The molecule has 2 aromatic carbocycles. The number of carbonyl (C=O) groups is 1. The number of nitrogens with zero attached hydrogens (tertiary/aromatic N) is 3. The van der Waals surface area contributed by atoms with Crippen LogP contribution in [-0.2, 0) is 11.2 Å². The van der Waals surface area contributed by atoms with Crippen LogP contribution in [0.1, 0.15) is 15.9 Å². The second-order valence-corrected chi connectivity index (χ2v) is 7.74. The molecule has 3 N–H and O–H groups in total. The van der Waals surface area contributed by atoms with Gasteiger partial charge in [-0.15, -0.1) is 0 Å². The molecule has 2 aliphatic heterocycles. The number of aromatic nitrogens is 2. The summed E-state index contributed by atoms with van der Waals surface area (Å²) in [6, 6.07) is 10.00. The summed E-state index contributed by atoms with van der Waals surface area (Å²) in [5.74, 6) is -2.03. The van der Waals surface area contributed by atoms with Crippen molar-refractivity contribution < 1.29 is 18.3 Å². The molecule has 2 aliphatic rings. The lowest BCUT2D eigenvalue weighted by Crippen LogP contribution is -2.36. The Bertz CT molecular complexity index is 1190. The zero-order valence-corrected chi connectivity index (χ0v) is 17.2. The van der Waals surface area contributed by atoms with Gasteiger partial charge in [0.05, 0.1) is 13.2 Å². The van der Waals surface area contributed by atoms with Crippen molar-refractivity contribution in [1.82, 2.24) is 15.3 Å². The number of ether oxygens (including phenoxy) is 1. The molecule has 9 heteroatoms. The van der Waals surface area contributed by atoms with Gasteiger partial charge in [-0.1, -0.05) is 12.1 Å². The largest absolute Gasteiger partial charge is 0.382 e. The van der Waals surface area contributed by atoms with E-state index in [4.69, 9.17) is 10.5 Å². The summed E-state index contributed by atoms with van der Waals surface area (Å²) < 4.78 is 35.0. The summed E-state index contributed by atoms with van der Waals surface area (Å²) in [4.78, 5) is 22.3. The lowest BCUT2D eigenvalue weighted by Gasteiger charge is -2.28. The highest BCUT2D eigenvalue weighted by molar-refractivity contribution is 5.97. The summed E-state index contributed by atoms with van der Waals surface area (Å²) in [5, 5.41) is 2.68. The Morgan fingerprint density at radius 3 is 2.50 bits per heavy atom. The number of rotatable bonds is 3. The van der Waals surface area contributed by atoms with Gasteiger partial charge in [0.25, 0.3) is 5.91 Å². The lowest BCUT2D eigenvalue weighted by molar-refractivity contribution is 0.0945. The molecule has 1 amide bonds. The standard InChI is InChI=1S/C23H21F2N5O2/c24-18-12-16-14(5-6-27-23(16)31)11-17(18)20-22(26)29-21(25)19(28-20)13-1-3-15(4-2-13)30-7-9-32-10-8-30/h1-4,11-12H,5-10H2,(H2,26,29)(H,27,31). The molecule has 0 bridgehead atoms. The van der Waals surface area contributed by atoms with Gasteiger partial charge in [0.2, 0.25) is 5.95 Å². The number of carbonyl (C=O) groups excluding carboxylic acids is 1. The molecule has 0 aliphatic carbocycles. The predicted molar refractivity (Wildman–Crippen MR) is 116 cm³/mol. The molecule has 1 saturated heterocycles. The maximum Gasteiger partial charge on any atom is 0.251 e. The first-order valence-corrected chi connectivity index (χ1v) is 10.4. The van der Waals surface area contributed by atoms with Gasteiger partial charge >= 0.3 is 0 Å². The van der Waals surface area contributed by atoms with Crippen molar-refractivity contribution in [1.29, 1.82) is 0 Å². The molecule has 0 unspecified atom stereocenters. The molecule has 3 heterocycles. The Labute approximate surface area is 183 Å². The number of hydrogen-bond donors (Lipinski definition) is 2. The van der Waals surface area contributed by atoms with Crippen molar-refractivity contribution in [3.8, 4) is 22.5 Å². The fraction of sp³-hybridized carbons (Fsp3) is 0.261. The minimum Gasteiger partial charge on any atom is -0.382 e. The van der Waals surface area contributed by atoms with Crippen LogP contribution >= 0.6 is 0 Å². The van der Waals surface area contributed by atoms with E-state index in [0.29, 0.717) is 37.3 Å². The molecular formula is C23H21F2N5O2. The van der Waals surface area contributed by atoms with Gasteiger partial charge in [-0.25, -0.2) is 9.37 Å². The van der Waals surface area contributed by atoms with Gasteiger partial charge < -0.3 is 20.7 Å². The van der Waals surface area contributed by atoms with Crippen LogP contribution in [0.3, 0.4) is 0 Å². The number of fused-ring (bicyclic) bond motifs is 1. The van der Waals surface area contributed by atoms with Crippen molar-refractivity contribution in [2.75, 3.05) is 43.5 Å². The number of morpholine rings is 1. The minimum atomic E-state index is -0.830. The van der Waals surface area contributed by atoms with Gasteiger partial charge in [-0.2, -0.15) is 9.37 Å². The fourth-order valence-corrected chi connectivity index (χ4v) is 4.08. The van der Waals surface area contributed by atoms with Crippen LogP contribution in [0.15, 0.2) is 36.4 Å². The molecule has 0 radical (unpaired) electrons. The second kappa shape index (κ2) is 8.16. The van der Waals surface area contributed by atoms with E-state index in [1.807, 2.05) is 12.1 Å². The number of nitrogen functional groups attached to an aromatic ring is 1. The van der Waals surface area contributed by atoms with Crippen LogP contribution < -0.4 is 16.0 Å². The van der Waals surface area contributed by atoms with E-state index >= 15 is 0 Å². The quantitative estimate of drug-likeness (QED) is 0.655. The fourth-order valence-electron chi connectivity index (χ4n) is 4.08. The first-order chi connectivity index (χ1) is 15.5. The molecule has 5 rings (SSSR count). The molecule has 0 spiro atoms. The van der Waals surface area contributed by atoms with Gasteiger partial charge in [0.15, 0.2) is 5.82 Å². The predicted octanol–water partition coefficient (Wildman–Crippen LogP) is 2.79. The van der Waals surface area contributed by atoms with Crippen molar-refractivity contribution in [2.24, 2.45) is 0 Å². The van der Waals surface area contributed by atoms with Gasteiger partial charge in [-0.05, 0) is 36.2 Å². The van der Waals surface area contributed by atoms with Gasteiger partial charge in [-0.3, -0.25) is 4.79 Å². The Kier molecular flexibility index (Phi) is 5.18. The second-order valence-electron chi connectivity index (χ2n) is 7.74. The van der Waals surface area contributed by atoms with Crippen molar-refractivity contribution in [3.05, 3.63) is 59.3 Å². The Morgan fingerprint density at radius 2 is 1.75 bits per heavy atom. The summed E-state index contributed by atoms with van der Waals surface area (Å²) in [6.45, 7) is 3.36. The van der Waals surface area contributed by atoms with Gasteiger partial charge in [0, 0.05) is 42.0 Å². The van der Waals surface area contributed by atoms with Gasteiger partial charge in [0.1, 0.15) is 17.2 Å². The first-order valence-electron chi connectivity index (χ1n) is 10.4. The molecular weight excluding hydrogens is 416 g/mol. The highest BCUT2D eigenvalue weighted by Gasteiger charge is 2.23. The smallest absolute Gasteiger partial charge is 0.251 e. The number of nitrogens with one attached hydrogen (secondary N) is 1. The number of nitrogens with two attached hydrogens (primary N) is 1. The molecule has 32 heavy (non-hydrogen) atoms. The zero-order chi connectivity index (χ0) is 22.2. The van der Waals surface area contributed by atoms with Crippen LogP contribution in [0, 0.1) is 11.8 Å². The zero-order valence-electron chi connectivity index (χ0n) is 17.2. The van der Waals surface area contributed by atoms with Crippen LogP contribution in [0.25, 0.3) is 22.5 Å². The highest BCUT2D eigenvalue weighted by atomic mass is 19.1. The summed E-state index contributed by atoms with van der Waals surface area (Å²) in [5.41, 5.74) is 8.51. The monoisotopic (exact) mass is 437 g/mol. The summed E-state index contributed by atoms with van der Waals surface area (Å²) >= 11 is 0. The molecule has 0 atom stereocenters. The summed E-state index contributed by atoms with van der Waals surface area (Å²) in [7, 11) is 0. The molecule has 3 aromatic rings. The number of benzene rings is 2. The van der Waals surface area contributed by atoms with E-state index in [1.54, 1.807) is 18.2 Å². The van der Waals surface area contributed by atoms with E-state index in [9.17, 15) is 13.6 Å². The first kappa shape index (κ1) is 20.3. The van der Waals surface area contributed by atoms with E-state index in [0.717, 1.165) is 18.8 Å². The highest BCUT2D eigenvalue weighted by Crippen LogP contribution is 2.32. The maximum atomic E-state index is 14.9. The average Bonchev–Trinajstić information content (AvgIpc) is 2.81. The van der Waals surface area contributed by atoms with E-state index < -0.39 is 11.8 Å². The third kappa shape index (κ3) is 3.64. The topological polar surface area (TPSA) is 93.4 Å². The van der Waals surface area contributed by atoms with E-state index in [1.165, 1.54) is 6.07 Å². The van der Waals surface area contributed by atoms with Crippen LogP contribution in [-0.4, -0.2) is 48.7 Å². The number of anilines is 2. The molecule has 7 nitrogen and oxygen atoms in total. The Morgan fingerprint density at radius 1 is 1.00 bits per heavy atom. The van der Waals surface area contributed by atoms with Crippen molar-refractivity contribution >= 4 is 17.4 Å². The average molecular weight is 437 g/mol. The number of hydrogen-bond acceptors (Lipinski definition) is 6.